The molecule has 0 atom stereocenters. The van der Waals surface area contributed by atoms with Gasteiger partial charge in [0.05, 0.1) is 0 Å². The maximum Gasteiger partial charge on any atom is 0.325 e. The highest BCUT2D eigenvalue weighted by Crippen LogP contribution is 2.24. The maximum atomic E-state index is 10.7. The Hall–Kier alpha value is -1.76. The van der Waals surface area contributed by atoms with E-state index in [0.717, 1.165) is 15.6 Å². The predicted molar refractivity (Wildman–Crippen MR) is 63.3 cm³/mol. The van der Waals surface area contributed by atoms with Crippen LogP contribution in [0.2, 0.25) is 0 Å². The summed E-state index contributed by atoms with van der Waals surface area (Å²) in [5.41, 5.74) is 1.79. The fourth-order valence-corrected chi connectivity index (χ4v) is 1.83. The van der Waals surface area contributed by atoms with Crippen molar-refractivity contribution in [2.24, 2.45) is 0 Å². The fraction of sp³-hybridized carbons (Fsp3) is 0.200. The van der Waals surface area contributed by atoms with Crippen LogP contribution in [0.25, 0.3) is 11.4 Å². The van der Waals surface area contributed by atoms with E-state index in [2.05, 4.69) is 31.5 Å². The summed E-state index contributed by atoms with van der Waals surface area (Å²) in [6.07, 6.45) is 0. The number of rotatable bonds is 3. The van der Waals surface area contributed by atoms with Crippen LogP contribution in [0.3, 0.4) is 0 Å². The van der Waals surface area contributed by atoms with Gasteiger partial charge < -0.3 is 5.11 Å². The zero-order chi connectivity index (χ0) is 12.4. The van der Waals surface area contributed by atoms with Gasteiger partial charge in [0.2, 0.25) is 0 Å². The molecule has 7 heteroatoms. The molecule has 17 heavy (non-hydrogen) atoms. The Bertz CT molecular complexity index is 567. The Morgan fingerprint density at radius 2 is 2.29 bits per heavy atom. The Morgan fingerprint density at radius 3 is 3.00 bits per heavy atom. The van der Waals surface area contributed by atoms with Crippen molar-refractivity contribution in [2.75, 3.05) is 0 Å². The molecule has 1 aromatic heterocycles. The van der Waals surface area contributed by atoms with Crippen molar-refractivity contribution in [3.63, 3.8) is 0 Å². The summed E-state index contributed by atoms with van der Waals surface area (Å²) >= 11 is 3.36. The lowest BCUT2D eigenvalue weighted by atomic mass is 10.1. The van der Waals surface area contributed by atoms with Crippen molar-refractivity contribution in [3.8, 4) is 11.4 Å². The van der Waals surface area contributed by atoms with E-state index in [4.69, 9.17) is 5.11 Å². The van der Waals surface area contributed by atoms with Gasteiger partial charge in [0, 0.05) is 10.0 Å². The highest BCUT2D eigenvalue weighted by Gasteiger charge is 2.13. The number of halogens is 1. The molecule has 0 bridgehead atoms. The standard InChI is InChI=1S/C10H9BrN4O2/c1-6-2-3-7(11)4-8(6)10-12-13-14-15(10)5-9(16)17/h2-4H,5H2,1H3,(H,16,17). The number of aliphatic carboxylic acids is 1. The molecule has 1 heterocycles. The predicted octanol–water partition coefficient (Wildman–Crippen LogP) is 1.50. The molecule has 0 saturated heterocycles. The van der Waals surface area contributed by atoms with Crippen LogP contribution in [-0.4, -0.2) is 31.3 Å². The number of benzene rings is 1. The third kappa shape index (κ3) is 2.50. The van der Waals surface area contributed by atoms with Crippen LogP contribution in [0.5, 0.6) is 0 Å². The minimum atomic E-state index is -0.980. The molecule has 1 N–H and O–H groups in total. The number of hydrogen-bond donors (Lipinski definition) is 1. The normalized spacial score (nSPS) is 10.5. The molecule has 0 spiro atoms. The average molecular weight is 297 g/mol. The third-order valence-corrected chi connectivity index (χ3v) is 2.75. The van der Waals surface area contributed by atoms with Crippen molar-refractivity contribution >= 4 is 21.9 Å². The van der Waals surface area contributed by atoms with E-state index in [1.54, 1.807) is 0 Å². The topological polar surface area (TPSA) is 80.9 Å². The van der Waals surface area contributed by atoms with Gasteiger partial charge in [-0.15, -0.1) is 5.10 Å². The second-order valence-corrected chi connectivity index (χ2v) is 4.43. The lowest BCUT2D eigenvalue weighted by Gasteiger charge is -2.05. The quantitative estimate of drug-likeness (QED) is 0.928. The van der Waals surface area contributed by atoms with Crippen LogP contribution in [0.1, 0.15) is 5.56 Å². The van der Waals surface area contributed by atoms with Crippen molar-refractivity contribution in [1.82, 2.24) is 20.2 Å². The van der Waals surface area contributed by atoms with Crippen LogP contribution in [0, 0.1) is 6.92 Å². The molecule has 0 aliphatic carbocycles. The van der Waals surface area contributed by atoms with Crippen molar-refractivity contribution in [3.05, 3.63) is 28.2 Å². The highest BCUT2D eigenvalue weighted by atomic mass is 79.9. The first-order valence-electron chi connectivity index (χ1n) is 4.82. The molecule has 88 valence electrons. The van der Waals surface area contributed by atoms with E-state index in [0.29, 0.717) is 5.82 Å². The number of nitrogens with zero attached hydrogens (tertiary/aromatic N) is 4. The van der Waals surface area contributed by atoms with Crippen LogP contribution in [-0.2, 0) is 11.3 Å². The van der Waals surface area contributed by atoms with Gasteiger partial charge in [0.25, 0.3) is 0 Å². The van der Waals surface area contributed by atoms with Gasteiger partial charge in [-0.3, -0.25) is 4.79 Å². The molecular weight excluding hydrogens is 288 g/mol. The summed E-state index contributed by atoms with van der Waals surface area (Å²) in [6.45, 7) is 1.66. The molecule has 6 nitrogen and oxygen atoms in total. The molecule has 2 rings (SSSR count). The summed E-state index contributed by atoms with van der Waals surface area (Å²) in [7, 11) is 0. The van der Waals surface area contributed by atoms with Crippen molar-refractivity contribution in [1.29, 1.82) is 0 Å². The summed E-state index contributed by atoms with van der Waals surface area (Å²) in [5.74, 6) is -0.530. The van der Waals surface area contributed by atoms with Gasteiger partial charge in [0.15, 0.2) is 5.82 Å². The first-order valence-corrected chi connectivity index (χ1v) is 5.61. The number of tetrazole rings is 1. The monoisotopic (exact) mass is 296 g/mol. The molecule has 0 saturated carbocycles. The smallest absolute Gasteiger partial charge is 0.325 e. The number of aromatic nitrogens is 4. The van der Waals surface area contributed by atoms with Gasteiger partial charge in [-0.05, 0) is 35.0 Å². The summed E-state index contributed by atoms with van der Waals surface area (Å²) in [5, 5.41) is 19.8. The molecule has 0 fully saturated rings. The molecule has 0 aliphatic heterocycles. The first kappa shape index (κ1) is 11.7. The second-order valence-electron chi connectivity index (χ2n) is 3.51. The molecular formula is C10H9BrN4O2. The van der Waals surface area contributed by atoms with Crippen LogP contribution in [0.15, 0.2) is 22.7 Å². The average Bonchev–Trinajstić information content (AvgIpc) is 2.69. The van der Waals surface area contributed by atoms with E-state index in [9.17, 15) is 4.79 Å². The molecule has 0 aliphatic rings. The van der Waals surface area contributed by atoms with E-state index < -0.39 is 5.97 Å². The second kappa shape index (κ2) is 4.62. The summed E-state index contributed by atoms with van der Waals surface area (Å²) in [6, 6.07) is 5.68. The Labute approximate surface area is 105 Å². The zero-order valence-electron chi connectivity index (χ0n) is 8.96. The lowest BCUT2D eigenvalue weighted by Crippen LogP contribution is -2.12. The molecule has 0 radical (unpaired) electrons. The molecule has 0 amide bonds. The molecule has 0 unspecified atom stereocenters. The minimum absolute atomic E-state index is 0.256. The fourth-order valence-electron chi connectivity index (χ4n) is 1.47. The number of carboxylic acids is 1. The first-order chi connectivity index (χ1) is 8.08. The Kier molecular flexibility index (Phi) is 3.19. The van der Waals surface area contributed by atoms with Crippen molar-refractivity contribution < 1.29 is 9.90 Å². The minimum Gasteiger partial charge on any atom is -0.480 e. The summed E-state index contributed by atoms with van der Waals surface area (Å²) in [4.78, 5) is 10.7. The number of aryl methyl sites for hydroxylation is 1. The number of carbonyl (C=O) groups is 1. The third-order valence-electron chi connectivity index (χ3n) is 2.26. The number of carboxylic acid groups (broad SMARTS) is 1. The van der Waals surface area contributed by atoms with Crippen LogP contribution < -0.4 is 0 Å². The Morgan fingerprint density at radius 1 is 1.53 bits per heavy atom. The van der Waals surface area contributed by atoms with E-state index >= 15 is 0 Å². The van der Waals surface area contributed by atoms with Gasteiger partial charge in [0.1, 0.15) is 6.54 Å². The highest BCUT2D eigenvalue weighted by molar-refractivity contribution is 9.10. The van der Waals surface area contributed by atoms with E-state index in [-0.39, 0.29) is 6.54 Å². The van der Waals surface area contributed by atoms with Gasteiger partial charge in [-0.2, -0.15) is 0 Å². The SMILES string of the molecule is Cc1ccc(Br)cc1-c1nnnn1CC(=O)O. The molecule has 2 aromatic rings. The van der Waals surface area contributed by atoms with Crippen LogP contribution >= 0.6 is 15.9 Å². The Balaban J connectivity index is 2.49. The summed E-state index contributed by atoms with van der Waals surface area (Å²) < 4.78 is 2.15. The zero-order valence-corrected chi connectivity index (χ0v) is 10.5. The largest absolute Gasteiger partial charge is 0.480 e. The molecule has 1 aromatic carbocycles. The lowest BCUT2D eigenvalue weighted by molar-refractivity contribution is -0.137. The van der Waals surface area contributed by atoms with Crippen molar-refractivity contribution in [2.45, 2.75) is 13.5 Å². The van der Waals surface area contributed by atoms with Crippen LogP contribution in [0.4, 0.5) is 0 Å². The van der Waals surface area contributed by atoms with E-state index in [1.807, 2.05) is 25.1 Å². The van der Waals surface area contributed by atoms with Gasteiger partial charge >= 0.3 is 5.97 Å². The van der Waals surface area contributed by atoms with Gasteiger partial charge in [-0.1, -0.05) is 22.0 Å². The van der Waals surface area contributed by atoms with E-state index in [1.165, 1.54) is 4.68 Å². The maximum absolute atomic E-state index is 10.7. The number of hydrogen-bond acceptors (Lipinski definition) is 4. The van der Waals surface area contributed by atoms with Gasteiger partial charge in [-0.25, -0.2) is 4.68 Å².